The molecule has 1 N–H and O–H groups in total. The summed E-state index contributed by atoms with van der Waals surface area (Å²) in [4.78, 5) is 17.5. The van der Waals surface area contributed by atoms with E-state index in [2.05, 4.69) is 10.3 Å². The standard InChI is InChI=1S/C25H23F2N3O4S/c1-35(32,33)18-9-7-16(8-10-18)22-21(30-24(34-22)17-5-3-2-4-6-17)19-11-12-25(26,27)15-20(19)23(31)29-14-13-28/h2-10,19-20H,11-12,14-15H2,1H3,(H,29,31). The lowest BCUT2D eigenvalue weighted by Gasteiger charge is -2.34. The number of sulfone groups is 1. The second-order valence-electron chi connectivity index (χ2n) is 8.58. The van der Waals surface area contributed by atoms with Crippen molar-refractivity contribution in [3.8, 4) is 28.8 Å². The lowest BCUT2D eigenvalue weighted by molar-refractivity contribution is -0.133. The minimum absolute atomic E-state index is 0.00712. The minimum atomic E-state index is -3.42. The van der Waals surface area contributed by atoms with Crippen molar-refractivity contribution in [3.63, 3.8) is 0 Å². The molecule has 1 aliphatic rings. The number of hydrogen-bond donors (Lipinski definition) is 1. The van der Waals surface area contributed by atoms with Crippen LogP contribution in [-0.4, -0.2) is 38.0 Å². The number of amides is 1. The molecule has 10 heteroatoms. The summed E-state index contributed by atoms with van der Waals surface area (Å²) in [5.74, 6) is -4.91. The number of alkyl halides is 2. The van der Waals surface area contributed by atoms with E-state index < -0.39 is 46.3 Å². The molecular formula is C25H23F2N3O4S. The Bertz CT molecular complexity index is 1360. The van der Waals surface area contributed by atoms with Gasteiger partial charge in [0.25, 0.3) is 0 Å². The zero-order chi connectivity index (χ0) is 25.2. The quantitative estimate of drug-likeness (QED) is 0.497. The summed E-state index contributed by atoms with van der Waals surface area (Å²) in [5, 5.41) is 11.2. The van der Waals surface area contributed by atoms with Crippen LogP contribution in [0.3, 0.4) is 0 Å². The molecule has 7 nitrogen and oxygen atoms in total. The first-order valence-electron chi connectivity index (χ1n) is 11.0. The first-order valence-corrected chi connectivity index (χ1v) is 12.9. The Morgan fingerprint density at radius 2 is 1.86 bits per heavy atom. The second-order valence-corrected chi connectivity index (χ2v) is 10.6. The lowest BCUT2D eigenvalue weighted by Crippen LogP contribution is -2.41. The van der Waals surface area contributed by atoms with Crippen molar-refractivity contribution in [2.45, 2.75) is 36.0 Å². The van der Waals surface area contributed by atoms with E-state index in [0.717, 1.165) is 6.26 Å². The van der Waals surface area contributed by atoms with Crippen molar-refractivity contribution in [1.29, 1.82) is 5.26 Å². The van der Waals surface area contributed by atoms with Crippen LogP contribution < -0.4 is 5.32 Å². The number of nitrogens with one attached hydrogen (secondary N) is 1. The van der Waals surface area contributed by atoms with Crippen LogP contribution in [0.15, 0.2) is 63.9 Å². The van der Waals surface area contributed by atoms with E-state index in [1.165, 1.54) is 12.1 Å². The van der Waals surface area contributed by atoms with E-state index >= 15 is 0 Å². The van der Waals surface area contributed by atoms with Crippen molar-refractivity contribution in [2.75, 3.05) is 12.8 Å². The molecule has 1 fully saturated rings. The Morgan fingerprint density at radius 3 is 2.49 bits per heavy atom. The highest BCUT2D eigenvalue weighted by atomic mass is 32.2. The van der Waals surface area contributed by atoms with Crippen molar-refractivity contribution in [3.05, 3.63) is 60.3 Å². The van der Waals surface area contributed by atoms with Gasteiger partial charge in [0.05, 0.1) is 22.6 Å². The van der Waals surface area contributed by atoms with Crippen molar-refractivity contribution < 1.29 is 26.4 Å². The highest BCUT2D eigenvalue weighted by molar-refractivity contribution is 7.90. The summed E-state index contributed by atoms with van der Waals surface area (Å²) in [7, 11) is -3.42. The van der Waals surface area contributed by atoms with Gasteiger partial charge in [0.15, 0.2) is 15.6 Å². The van der Waals surface area contributed by atoms with Gasteiger partial charge in [0.1, 0.15) is 6.54 Å². The van der Waals surface area contributed by atoms with Crippen molar-refractivity contribution in [1.82, 2.24) is 10.3 Å². The normalized spacial score (nSPS) is 19.6. The van der Waals surface area contributed by atoms with Crippen molar-refractivity contribution >= 4 is 15.7 Å². The summed E-state index contributed by atoms with van der Waals surface area (Å²) >= 11 is 0. The molecule has 3 aromatic rings. The number of nitrogens with zero attached hydrogens (tertiary/aromatic N) is 2. The summed E-state index contributed by atoms with van der Waals surface area (Å²) in [5.41, 5.74) is 1.53. The predicted octanol–water partition coefficient (Wildman–Crippen LogP) is 4.57. The van der Waals surface area contributed by atoms with Gasteiger partial charge in [-0.15, -0.1) is 0 Å². The SMILES string of the molecule is CS(=O)(=O)c1ccc(-c2oc(-c3ccccc3)nc2C2CCC(F)(F)CC2C(=O)NCC#N)cc1. The average molecular weight is 500 g/mol. The van der Waals surface area contributed by atoms with Gasteiger partial charge in [-0.2, -0.15) is 5.26 Å². The third-order valence-electron chi connectivity index (χ3n) is 6.07. The van der Waals surface area contributed by atoms with Crippen LogP contribution in [0.5, 0.6) is 0 Å². The van der Waals surface area contributed by atoms with Crippen LogP contribution >= 0.6 is 0 Å². The molecular weight excluding hydrogens is 476 g/mol. The largest absolute Gasteiger partial charge is 0.436 e. The number of hydrogen-bond acceptors (Lipinski definition) is 6. The number of carbonyl (C=O) groups excluding carboxylic acids is 1. The van der Waals surface area contributed by atoms with Gasteiger partial charge >= 0.3 is 0 Å². The molecule has 1 heterocycles. The summed E-state index contributed by atoms with van der Waals surface area (Å²) in [6, 6.07) is 16.8. The Morgan fingerprint density at radius 1 is 1.17 bits per heavy atom. The van der Waals surface area contributed by atoms with Gasteiger partial charge in [-0.3, -0.25) is 4.79 Å². The van der Waals surface area contributed by atoms with Crippen molar-refractivity contribution in [2.24, 2.45) is 5.92 Å². The Kier molecular flexibility index (Phi) is 6.72. The molecule has 1 saturated carbocycles. The smallest absolute Gasteiger partial charge is 0.249 e. The number of nitriles is 1. The molecule has 1 amide bonds. The molecule has 35 heavy (non-hydrogen) atoms. The molecule has 0 bridgehead atoms. The monoisotopic (exact) mass is 499 g/mol. The number of benzene rings is 2. The van der Waals surface area contributed by atoms with Gasteiger partial charge in [0, 0.05) is 36.1 Å². The highest BCUT2D eigenvalue weighted by Crippen LogP contribution is 2.47. The zero-order valence-corrected chi connectivity index (χ0v) is 19.7. The second kappa shape index (κ2) is 9.58. The molecule has 0 aliphatic heterocycles. The molecule has 0 spiro atoms. The van der Waals surface area contributed by atoms with Gasteiger partial charge in [-0.1, -0.05) is 18.2 Å². The van der Waals surface area contributed by atoms with E-state index in [0.29, 0.717) is 16.8 Å². The fourth-order valence-electron chi connectivity index (χ4n) is 4.34. The highest BCUT2D eigenvalue weighted by Gasteiger charge is 2.47. The minimum Gasteiger partial charge on any atom is -0.436 e. The van der Waals surface area contributed by atoms with Gasteiger partial charge < -0.3 is 9.73 Å². The van der Waals surface area contributed by atoms with Crippen LogP contribution in [0.2, 0.25) is 0 Å². The molecule has 2 unspecified atom stereocenters. The van der Waals surface area contributed by atoms with Crippen LogP contribution in [0.4, 0.5) is 8.78 Å². The first-order chi connectivity index (χ1) is 16.6. The molecule has 2 aromatic carbocycles. The maximum atomic E-state index is 14.3. The van der Waals surface area contributed by atoms with Crippen LogP contribution in [0.25, 0.3) is 22.8 Å². The van der Waals surface area contributed by atoms with Gasteiger partial charge in [-0.25, -0.2) is 22.2 Å². The third kappa shape index (κ3) is 5.41. The van der Waals surface area contributed by atoms with Crippen LogP contribution in [0.1, 0.15) is 30.9 Å². The van der Waals surface area contributed by atoms with Gasteiger partial charge in [0.2, 0.25) is 17.7 Å². The number of rotatable bonds is 6. The molecule has 0 radical (unpaired) electrons. The molecule has 2 atom stereocenters. The molecule has 1 aliphatic carbocycles. The Balaban J connectivity index is 1.82. The maximum absolute atomic E-state index is 14.3. The lowest BCUT2D eigenvalue weighted by atomic mass is 9.74. The number of halogens is 2. The molecule has 0 saturated heterocycles. The predicted molar refractivity (Wildman–Crippen MR) is 124 cm³/mol. The Labute approximate surface area is 201 Å². The van der Waals surface area contributed by atoms with Crippen LogP contribution in [0, 0.1) is 17.2 Å². The average Bonchev–Trinajstić information content (AvgIpc) is 3.27. The fourth-order valence-corrected chi connectivity index (χ4v) is 4.97. The fraction of sp³-hybridized carbons (Fsp3) is 0.320. The number of carbonyl (C=O) groups is 1. The maximum Gasteiger partial charge on any atom is 0.249 e. The van der Waals surface area contributed by atoms with E-state index in [4.69, 9.17) is 9.68 Å². The zero-order valence-electron chi connectivity index (χ0n) is 18.9. The molecule has 4 rings (SSSR count). The van der Waals surface area contributed by atoms with E-state index in [-0.39, 0.29) is 29.5 Å². The molecule has 182 valence electrons. The third-order valence-corrected chi connectivity index (χ3v) is 7.20. The topological polar surface area (TPSA) is 113 Å². The van der Waals surface area contributed by atoms with E-state index in [1.54, 1.807) is 42.5 Å². The van der Waals surface area contributed by atoms with Gasteiger partial charge in [-0.05, 0) is 42.8 Å². The number of oxazole rings is 1. The summed E-state index contributed by atoms with van der Waals surface area (Å²) < 4.78 is 58.5. The number of aromatic nitrogens is 1. The molecule has 1 aromatic heterocycles. The summed E-state index contributed by atoms with van der Waals surface area (Å²) in [6.07, 6.45) is 0.00344. The summed E-state index contributed by atoms with van der Waals surface area (Å²) in [6.45, 7) is -0.290. The van der Waals surface area contributed by atoms with E-state index in [1.807, 2.05) is 6.07 Å². The Hall–Kier alpha value is -3.58. The first kappa shape index (κ1) is 24.5. The van der Waals surface area contributed by atoms with E-state index in [9.17, 15) is 22.0 Å². The van der Waals surface area contributed by atoms with Crippen LogP contribution in [-0.2, 0) is 14.6 Å².